The van der Waals surface area contributed by atoms with E-state index in [0.717, 1.165) is 0 Å². The van der Waals surface area contributed by atoms with E-state index in [-0.39, 0.29) is 5.92 Å². The lowest BCUT2D eigenvalue weighted by Crippen LogP contribution is -1.99. The molecule has 1 heterocycles. The molecule has 0 saturated heterocycles. The predicted molar refractivity (Wildman–Crippen MR) is 107 cm³/mol. The van der Waals surface area contributed by atoms with Gasteiger partial charge in [0, 0.05) is 22.5 Å². The highest BCUT2D eigenvalue weighted by atomic mass is 14.7. The Bertz CT molecular complexity index is 994. The van der Waals surface area contributed by atoms with E-state index in [4.69, 9.17) is 0 Å². The molecule has 0 unspecified atom stereocenters. The van der Waals surface area contributed by atoms with Gasteiger partial charge in [-0.15, -0.1) is 0 Å². The Balaban J connectivity index is 1.86. The van der Waals surface area contributed by atoms with E-state index in [1.54, 1.807) is 0 Å². The zero-order chi connectivity index (χ0) is 17.1. The minimum atomic E-state index is 0.220. The van der Waals surface area contributed by atoms with Crippen molar-refractivity contribution in [1.82, 2.24) is 4.98 Å². The summed E-state index contributed by atoms with van der Waals surface area (Å²) in [7, 11) is 0. The summed E-state index contributed by atoms with van der Waals surface area (Å²) in [6, 6.07) is 29.8. The number of allylic oxidation sites excluding steroid dienone is 1. The van der Waals surface area contributed by atoms with Crippen molar-refractivity contribution >= 4 is 17.0 Å². The van der Waals surface area contributed by atoms with Crippen molar-refractivity contribution < 1.29 is 0 Å². The molecule has 4 aromatic rings. The van der Waals surface area contributed by atoms with Gasteiger partial charge in [0.1, 0.15) is 0 Å². The fraction of sp³-hybridized carbons (Fsp3) is 0.0833. The maximum atomic E-state index is 3.54. The van der Waals surface area contributed by atoms with Gasteiger partial charge in [-0.05, 0) is 29.7 Å². The first-order valence-electron chi connectivity index (χ1n) is 8.68. The standard InChI is InChI=1S/C24H21N/c1-18-24(22-14-8-9-15-23(22)25-18)21(20-12-6-3-7-13-20)17-16-19-10-4-2-5-11-19/h2-17,21,25H,1H3/b17-16+/t21-/m0/s1. The van der Waals surface area contributed by atoms with E-state index in [2.05, 4.69) is 109 Å². The molecule has 1 nitrogen and oxygen atoms in total. The Morgan fingerprint density at radius 3 is 2.16 bits per heavy atom. The van der Waals surface area contributed by atoms with Gasteiger partial charge in [0.05, 0.1) is 0 Å². The normalized spacial score (nSPS) is 12.7. The van der Waals surface area contributed by atoms with E-state index in [1.807, 2.05) is 0 Å². The molecular weight excluding hydrogens is 302 g/mol. The fourth-order valence-corrected chi connectivity index (χ4v) is 3.50. The molecule has 4 rings (SSSR count). The summed E-state index contributed by atoms with van der Waals surface area (Å²) in [4.78, 5) is 3.54. The first kappa shape index (κ1) is 15.5. The molecule has 1 N–H and O–H groups in total. The Morgan fingerprint density at radius 1 is 0.760 bits per heavy atom. The molecule has 25 heavy (non-hydrogen) atoms. The minimum absolute atomic E-state index is 0.220. The number of nitrogens with one attached hydrogen (secondary N) is 1. The largest absolute Gasteiger partial charge is 0.358 e. The predicted octanol–water partition coefficient (Wildman–Crippen LogP) is 6.32. The molecule has 122 valence electrons. The molecule has 1 heteroatoms. The molecule has 0 saturated carbocycles. The van der Waals surface area contributed by atoms with E-state index in [0.29, 0.717) is 0 Å². The van der Waals surface area contributed by atoms with Crippen LogP contribution in [0.4, 0.5) is 0 Å². The molecule has 0 aliphatic heterocycles. The Kier molecular flexibility index (Phi) is 4.22. The van der Waals surface area contributed by atoms with Crippen molar-refractivity contribution in [2.24, 2.45) is 0 Å². The first-order chi connectivity index (χ1) is 12.3. The van der Waals surface area contributed by atoms with Crippen LogP contribution in [-0.2, 0) is 0 Å². The Labute approximate surface area is 148 Å². The Hall–Kier alpha value is -3.06. The summed E-state index contributed by atoms with van der Waals surface area (Å²) >= 11 is 0. The van der Waals surface area contributed by atoms with Gasteiger partial charge in [0.25, 0.3) is 0 Å². The minimum Gasteiger partial charge on any atom is -0.358 e. The SMILES string of the molecule is Cc1[nH]c2ccccc2c1[C@@H](/C=C/c1ccccc1)c1ccccc1. The molecule has 0 aliphatic carbocycles. The molecule has 0 radical (unpaired) electrons. The van der Waals surface area contributed by atoms with Crippen molar-refractivity contribution in [3.05, 3.63) is 113 Å². The number of para-hydroxylation sites is 1. The first-order valence-corrected chi connectivity index (χ1v) is 8.68. The highest BCUT2D eigenvalue weighted by molar-refractivity contribution is 5.86. The molecule has 0 amide bonds. The van der Waals surface area contributed by atoms with Gasteiger partial charge < -0.3 is 4.98 Å². The average Bonchev–Trinajstić information content (AvgIpc) is 3.00. The zero-order valence-electron chi connectivity index (χ0n) is 14.3. The second kappa shape index (κ2) is 6.82. The van der Waals surface area contributed by atoms with Crippen LogP contribution in [0.5, 0.6) is 0 Å². The zero-order valence-corrected chi connectivity index (χ0v) is 14.3. The van der Waals surface area contributed by atoms with Crippen LogP contribution in [0.3, 0.4) is 0 Å². The fourth-order valence-electron chi connectivity index (χ4n) is 3.50. The van der Waals surface area contributed by atoms with Crippen LogP contribution in [0, 0.1) is 6.92 Å². The third-order valence-electron chi connectivity index (χ3n) is 4.69. The summed E-state index contributed by atoms with van der Waals surface area (Å²) in [5, 5.41) is 1.30. The van der Waals surface area contributed by atoms with Gasteiger partial charge in [-0.2, -0.15) is 0 Å². The molecule has 3 aromatic carbocycles. The van der Waals surface area contributed by atoms with Crippen molar-refractivity contribution in [3.63, 3.8) is 0 Å². The maximum absolute atomic E-state index is 3.54. The van der Waals surface area contributed by atoms with Gasteiger partial charge in [0.2, 0.25) is 0 Å². The van der Waals surface area contributed by atoms with Gasteiger partial charge in [-0.1, -0.05) is 91.0 Å². The summed E-state index contributed by atoms with van der Waals surface area (Å²) in [6.45, 7) is 2.17. The van der Waals surface area contributed by atoms with Crippen molar-refractivity contribution in [3.8, 4) is 0 Å². The van der Waals surface area contributed by atoms with Gasteiger partial charge in [-0.25, -0.2) is 0 Å². The van der Waals surface area contributed by atoms with Crippen LogP contribution < -0.4 is 0 Å². The number of aromatic amines is 1. The monoisotopic (exact) mass is 323 g/mol. The lowest BCUT2D eigenvalue weighted by atomic mass is 9.88. The lowest BCUT2D eigenvalue weighted by molar-refractivity contribution is 1.02. The maximum Gasteiger partial charge on any atom is 0.0459 e. The number of rotatable bonds is 4. The molecular formula is C24H21N. The van der Waals surface area contributed by atoms with Crippen LogP contribution in [0.1, 0.15) is 28.3 Å². The van der Waals surface area contributed by atoms with Crippen molar-refractivity contribution in [2.75, 3.05) is 0 Å². The highest BCUT2D eigenvalue weighted by Crippen LogP contribution is 2.35. The number of benzene rings is 3. The molecule has 0 aliphatic rings. The number of hydrogen-bond acceptors (Lipinski definition) is 0. The number of H-pyrrole nitrogens is 1. The molecule has 0 bridgehead atoms. The number of fused-ring (bicyclic) bond motifs is 1. The van der Waals surface area contributed by atoms with Gasteiger partial charge in [0.15, 0.2) is 0 Å². The summed E-state index contributed by atoms with van der Waals surface area (Å²) in [5.41, 5.74) is 6.31. The van der Waals surface area contributed by atoms with Gasteiger partial charge >= 0.3 is 0 Å². The van der Waals surface area contributed by atoms with Crippen LogP contribution in [0.25, 0.3) is 17.0 Å². The van der Waals surface area contributed by atoms with Crippen molar-refractivity contribution in [2.45, 2.75) is 12.8 Å². The smallest absolute Gasteiger partial charge is 0.0459 e. The lowest BCUT2D eigenvalue weighted by Gasteiger charge is -2.15. The topological polar surface area (TPSA) is 15.8 Å². The van der Waals surface area contributed by atoms with E-state index in [9.17, 15) is 0 Å². The van der Waals surface area contributed by atoms with E-state index >= 15 is 0 Å². The van der Waals surface area contributed by atoms with E-state index < -0.39 is 0 Å². The number of hydrogen-bond donors (Lipinski definition) is 1. The van der Waals surface area contributed by atoms with Crippen LogP contribution in [0.2, 0.25) is 0 Å². The number of aryl methyl sites for hydroxylation is 1. The summed E-state index contributed by atoms with van der Waals surface area (Å²) in [5.74, 6) is 0.220. The Morgan fingerprint density at radius 2 is 1.40 bits per heavy atom. The van der Waals surface area contributed by atoms with E-state index in [1.165, 1.54) is 33.3 Å². The molecule has 0 spiro atoms. The molecule has 1 aromatic heterocycles. The average molecular weight is 323 g/mol. The molecule has 0 fully saturated rings. The summed E-state index contributed by atoms with van der Waals surface area (Å²) in [6.07, 6.45) is 4.53. The third kappa shape index (κ3) is 3.14. The van der Waals surface area contributed by atoms with Crippen LogP contribution in [0.15, 0.2) is 91.0 Å². The van der Waals surface area contributed by atoms with Crippen LogP contribution >= 0.6 is 0 Å². The highest BCUT2D eigenvalue weighted by Gasteiger charge is 2.18. The van der Waals surface area contributed by atoms with Crippen LogP contribution in [-0.4, -0.2) is 4.98 Å². The quantitative estimate of drug-likeness (QED) is 0.452. The molecule has 1 atom stereocenters. The van der Waals surface area contributed by atoms with Gasteiger partial charge in [-0.3, -0.25) is 0 Å². The number of aromatic nitrogens is 1. The summed E-state index contributed by atoms with van der Waals surface area (Å²) < 4.78 is 0. The second-order valence-corrected chi connectivity index (χ2v) is 6.37. The van der Waals surface area contributed by atoms with Crippen molar-refractivity contribution in [1.29, 1.82) is 0 Å². The third-order valence-corrected chi connectivity index (χ3v) is 4.69. The second-order valence-electron chi connectivity index (χ2n) is 6.37.